The zero-order chi connectivity index (χ0) is 14.3. The van der Waals surface area contributed by atoms with Crippen molar-refractivity contribution in [2.24, 2.45) is 5.92 Å². The minimum atomic E-state index is -0.107. The average Bonchev–Trinajstić information content (AvgIpc) is 2.44. The lowest BCUT2D eigenvalue weighted by Gasteiger charge is -2.13. The normalized spacial score (nSPS) is 11.8. The molecule has 0 aliphatic rings. The van der Waals surface area contributed by atoms with E-state index in [4.69, 9.17) is 9.47 Å². The summed E-state index contributed by atoms with van der Waals surface area (Å²) in [6, 6.07) is 5.13. The van der Waals surface area contributed by atoms with E-state index in [0.29, 0.717) is 29.5 Å². The van der Waals surface area contributed by atoms with Gasteiger partial charge in [-0.05, 0) is 37.7 Å². The first-order valence-electron chi connectivity index (χ1n) is 6.27. The lowest BCUT2D eigenvalue weighted by atomic mass is 10.1. The monoisotopic (exact) mass is 266 g/mol. The molecule has 5 heteroatoms. The van der Waals surface area contributed by atoms with E-state index in [1.54, 1.807) is 32.4 Å². The third-order valence-electron chi connectivity index (χ3n) is 2.81. The molecule has 0 aromatic heterocycles. The highest BCUT2D eigenvalue weighted by Gasteiger charge is 2.11. The van der Waals surface area contributed by atoms with Crippen molar-refractivity contribution in [3.8, 4) is 11.5 Å². The zero-order valence-electron chi connectivity index (χ0n) is 11.9. The highest BCUT2D eigenvalue weighted by molar-refractivity contribution is 5.94. The van der Waals surface area contributed by atoms with Gasteiger partial charge in [0.2, 0.25) is 0 Å². The Morgan fingerprint density at radius 3 is 2.47 bits per heavy atom. The summed E-state index contributed by atoms with van der Waals surface area (Å²) >= 11 is 0. The summed E-state index contributed by atoms with van der Waals surface area (Å²) in [5, 5.41) is 5.97. The van der Waals surface area contributed by atoms with Crippen molar-refractivity contribution in [1.29, 1.82) is 0 Å². The maximum atomic E-state index is 12.0. The van der Waals surface area contributed by atoms with Crippen molar-refractivity contribution < 1.29 is 14.3 Å². The Morgan fingerprint density at radius 2 is 1.89 bits per heavy atom. The van der Waals surface area contributed by atoms with Crippen LogP contribution < -0.4 is 20.1 Å². The lowest BCUT2D eigenvalue weighted by molar-refractivity contribution is 0.0947. The summed E-state index contributed by atoms with van der Waals surface area (Å²) in [6.45, 7) is 3.58. The van der Waals surface area contributed by atoms with Crippen LogP contribution in [-0.2, 0) is 0 Å². The van der Waals surface area contributed by atoms with Gasteiger partial charge in [-0.3, -0.25) is 4.79 Å². The fraction of sp³-hybridized carbons (Fsp3) is 0.500. The summed E-state index contributed by atoms with van der Waals surface area (Å²) < 4.78 is 10.3. The second kappa shape index (κ2) is 7.63. The molecule has 0 aliphatic heterocycles. The number of hydrogen-bond acceptors (Lipinski definition) is 4. The van der Waals surface area contributed by atoms with Crippen molar-refractivity contribution in [2.45, 2.75) is 6.92 Å². The molecule has 19 heavy (non-hydrogen) atoms. The van der Waals surface area contributed by atoms with E-state index in [9.17, 15) is 4.79 Å². The number of methoxy groups -OCH3 is 2. The Morgan fingerprint density at radius 1 is 1.21 bits per heavy atom. The average molecular weight is 266 g/mol. The van der Waals surface area contributed by atoms with E-state index in [1.165, 1.54) is 0 Å². The molecule has 5 nitrogen and oxygen atoms in total. The summed E-state index contributed by atoms with van der Waals surface area (Å²) in [6.07, 6.45) is 0. The first-order valence-corrected chi connectivity index (χ1v) is 6.27. The van der Waals surface area contributed by atoms with Crippen LogP contribution in [-0.4, -0.2) is 40.3 Å². The van der Waals surface area contributed by atoms with Crippen LogP contribution in [0.5, 0.6) is 11.5 Å². The number of hydrogen-bond donors (Lipinski definition) is 2. The molecule has 1 aromatic carbocycles. The number of carbonyl (C=O) groups is 1. The SMILES string of the molecule is CNCC(C)CNC(=O)c1ccc(OC)c(OC)c1. The third kappa shape index (κ3) is 4.44. The molecule has 106 valence electrons. The van der Waals surface area contributed by atoms with Crippen LogP contribution in [0.2, 0.25) is 0 Å². The third-order valence-corrected chi connectivity index (χ3v) is 2.81. The minimum absolute atomic E-state index is 0.107. The highest BCUT2D eigenvalue weighted by Crippen LogP contribution is 2.27. The number of nitrogens with one attached hydrogen (secondary N) is 2. The molecule has 0 saturated carbocycles. The smallest absolute Gasteiger partial charge is 0.251 e. The fourth-order valence-electron chi connectivity index (χ4n) is 1.77. The lowest BCUT2D eigenvalue weighted by Crippen LogP contribution is -2.32. The molecule has 0 radical (unpaired) electrons. The number of benzene rings is 1. The quantitative estimate of drug-likeness (QED) is 0.781. The van der Waals surface area contributed by atoms with Gasteiger partial charge in [0.25, 0.3) is 5.91 Å². The summed E-state index contributed by atoms with van der Waals surface area (Å²) in [7, 11) is 5.01. The molecule has 1 atom stereocenters. The van der Waals surface area contributed by atoms with Crippen LogP contribution in [0.25, 0.3) is 0 Å². The number of carbonyl (C=O) groups excluding carboxylic acids is 1. The van der Waals surface area contributed by atoms with Gasteiger partial charge in [0.05, 0.1) is 14.2 Å². The van der Waals surface area contributed by atoms with E-state index in [1.807, 2.05) is 7.05 Å². The predicted octanol–water partition coefficient (Wildman–Crippen LogP) is 1.29. The van der Waals surface area contributed by atoms with Gasteiger partial charge in [0, 0.05) is 12.1 Å². The van der Waals surface area contributed by atoms with Crippen LogP contribution >= 0.6 is 0 Å². The van der Waals surface area contributed by atoms with Gasteiger partial charge in [-0.2, -0.15) is 0 Å². The van der Waals surface area contributed by atoms with Gasteiger partial charge in [-0.25, -0.2) is 0 Å². The Bertz CT molecular complexity index is 421. The van der Waals surface area contributed by atoms with Gasteiger partial charge < -0.3 is 20.1 Å². The van der Waals surface area contributed by atoms with Crippen LogP contribution in [0.3, 0.4) is 0 Å². The topological polar surface area (TPSA) is 59.6 Å². The van der Waals surface area contributed by atoms with Crippen molar-refractivity contribution >= 4 is 5.91 Å². The van der Waals surface area contributed by atoms with Crippen molar-refractivity contribution in [3.05, 3.63) is 23.8 Å². The summed E-state index contributed by atoms with van der Waals surface area (Å²) in [5.41, 5.74) is 0.564. The zero-order valence-corrected chi connectivity index (χ0v) is 11.9. The van der Waals surface area contributed by atoms with Crippen LogP contribution in [0, 0.1) is 5.92 Å². The molecule has 0 bridgehead atoms. The summed E-state index contributed by atoms with van der Waals surface area (Å²) in [4.78, 5) is 12.0. The molecule has 0 heterocycles. The van der Waals surface area contributed by atoms with Crippen LogP contribution in [0.15, 0.2) is 18.2 Å². The van der Waals surface area contributed by atoms with Gasteiger partial charge in [0.1, 0.15) is 0 Å². The second-order valence-corrected chi connectivity index (χ2v) is 4.44. The van der Waals surface area contributed by atoms with Gasteiger partial charge in [-0.15, -0.1) is 0 Å². The minimum Gasteiger partial charge on any atom is -0.493 e. The molecule has 1 unspecified atom stereocenters. The predicted molar refractivity (Wildman–Crippen MR) is 75.0 cm³/mol. The molecule has 0 aliphatic carbocycles. The number of amides is 1. The van der Waals surface area contributed by atoms with E-state index >= 15 is 0 Å². The van der Waals surface area contributed by atoms with Crippen molar-refractivity contribution in [2.75, 3.05) is 34.4 Å². The fourth-order valence-corrected chi connectivity index (χ4v) is 1.77. The van der Waals surface area contributed by atoms with E-state index < -0.39 is 0 Å². The van der Waals surface area contributed by atoms with Gasteiger partial charge >= 0.3 is 0 Å². The van der Waals surface area contributed by atoms with Crippen molar-refractivity contribution in [1.82, 2.24) is 10.6 Å². The molecular formula is C14H22N2O3. The standard InChI is InChI=1S/C14H22N2O3/c1-10(8-15-2)9-16-14(17)11-5-6-12(18-3)13(7-11)19-4/h5-7,10,15H,8-9H2,1-4H3,(H,16,17). The largest absolute Gasteiger partial charge is 0.493 e. The van der Waals surface area contributed by atoms with Gasteiger partial charge in [-0.1, -0.05) is 6.92 Å². The molecule has 0 saturated heterocycles. The molecule has 2 N–H and O–H groups in total. The second-order valence-electron chi connectivity index (χ2n) is 4.44. The molecular weight excluding hydrogens is 244 g/mol. The molecule has 0 spiro atoms. The Kier molecular flexibility index (Phi) is 6.15. The maximum Gasteiger partial charge on any atom is 0.251 e. The Balaban J connectivity index is 2.67. The molecule has 1 aromatic rings. The van der Waals surface area contributed by atoms with Crippen molar-refractivity contribution in [3.63, 3.8) is 0 Å². The first kappa shape index (κ1) is 15.3. The van der Waals surface area contributed by atoms with Crippen LogP contribution in [0.1, 0.15) is 17.3 Å². The van der Waals surface area contributed by atoms with Gasteiger partial charge in [0.15, 0.2) is 11.5 Å². The van der Waals surface area contributed by atoms with E-state index in [-0.39, 0.29) is 5.91 Å². The molecule has 0 fully saturated rings. The number of rotatable bonds is 7. The Hall–Kier alpha value is -1.75. The molecule has 1 rings (SSSR count). The summed E-state index contributed by atoms with van der Waals surface area (Å²) in [5.74, 6) is 1.44. The maximum absolute atomic E-state index is 12.0. The Labute approximate surface area is 114 Å². The van der Waals surface area contributed by atoms with E-state index in [0.717, 1.165) is 6.54 Å². The highest BCUT2D eigenvalue weighted by atomic mass is 16.5. The van der Waals surface area contributed by atoms with Crippen LogP contribution in [0.4, 0.5) is 0 Å². The first-order chi connectivity index (χ1) is 9.12. The number of ether oxygens (including phenoxy) is 2. The van der Waals surface area contributed by atoms with E-state index in [2.05, 4.69) is 17.6 Å². The molecule has 1 amide bonds.